The number of halogens is 2. The molecule has 2 aliphatic rings. The molecule has 0 amide bonds. The number of hydrogen-bond donors (Lipinski definition) is 0. The molecule has 0 aliphatic heterocycles. The van der Waals surface area contributed by atoms with Crippen LogP contribution in [0.4, 0.5) is 0 Å². The summed E-state index contributed by atoms with van der Waals surface area (Å²) < 4.78 is 12.9. The second kappa shape index (κ2) is 16.4. The van der Waals surface area contributed by atoms with Crippen LogP contribution in [0.15, 0.2) is 93.8 Å². The van der Waals surface area contributed by atoms with Crippen LogP contribution in [0.5, 0.6) is 0 Å². The average Bonchev–Trinajstić information content (AvgIpc) is 4.01. The molecule has 6 heteroatoms. The van der Waals surface area contributed by atoms with Gasteiger partial charge < -0.3 is 0 Å². The van der Waals surface area contributed by atoms with Crippen LogP contribution in [0, 0.1) is 27.7 Å². The molecule has 0 saturated heterocycles. The summed E-state index contributed by atoms with van der Waals surface area (Å²) in [4.78, 5) is 0. The summed E-state index contributed by atoms with van der Waals surface area (Å²) in [5, 5.41) is 0. The molecule has 0 fully saturated rings. The van der Waals surface area contributed by atoms with E-state index in [1.54, 1.807) is 0 Å². The van der Waals surface area contributed by atoms with Crippen LogP contribution in [-0.4, -0.2) is 5.43 Å². The van der Waals surface area contributed by atoms with Crippen molar-refractivity contribution in [3.63, 3.8) is 0 Å². The first kappa shape index (κ1) is 49.0. The quantitative estimate of drug-likeness (QED) is 0.155. The van der Waals surface area contributed by atoms with Crippen LogP contribution in [0.25, 0.3) is 45.6 Å². The summed E-state index contributed by atoms with van der Waals surface area (Å²) in [6.07, 6.45) is 4.82. The van der Waals surface area contributed by atoms with E-state index in [0.717, 1.165) is 34.2 Å². The molecule has 66 heavy (non-hydrogen) atoms. The van der Waals surface area contributed by atoms with Crippen molar-refractivity contribution in [3.8, 4) is 22.3 Å². The van der Waals surface area contributed by atoms with Crippen LogP contribution < -0.4 is 0 Å². The molecule has 2 aromatic heterocycles. The zero-order valence-corrected chi connectivity index (χ0v) is 47.9. The van der Waals surface area contributed by atoms with Gasteiger partial charge in [0.05, 0.1) is 0 Å². The van der Waals surface area contributed by atoms with Gasteiger partial charge in [-0.3, -0.25) is 0 Å². The van der Waals surface area contributed by atoms with Crippen LogP contribution >= 0.6 is 17.0 Å². The molecule has 0 spiro atoms. The van der Waals surface area contributed by atoms with Gasteiger partial charge in [-0.1, -0.05) is 0 Å². The van der Waals surface area contributed by atoms with Crippen molar-refractivity contribution in [1.29, 1.82) is 0 Å². The maximum atomic E-state index is 9.17. The molecule has 2 atom stereocenters. The van der Waals surface area contributed by atoms with Gasteiger partial charge >= 0.3 is 408 Å². The number of aryl methyl sites for hydroxylation is 4. The van der Waals surface area contributed by atoms with Gasteiger partial charge in [0.1, 0.15) is 0 Å². The average molecular weight is 1020 g/mol. The molecule has 0 N–H and O–H groups in total. The molecule has 8 rings (SSSR count). The molecule has 346 valence electrons. The number of rotatable bonds is 6. The van der Waals surface area contributed by atoms with Gasteiger partial charge in [-0.15, -0.1) is 0 Å². The van der Waals surface area contributed by atoms with Gasteiger partial charge in [-0.25, -0.2) is 0 Å². The van der Waals surface area contributed by atoms with E-state index in [9.17, 15) is 17.0 Å². The molecule has 2 aliphatic carbocycles. The fourth-order valence-corrected chi connectivity index (χ4v) is 38.3. The molecular weight excluding hydrogens is 943 g/mol. The van der Waals surface area contributed by atoms with Gasteiger partial charge in [0.25, 0.3) is 0 Å². The number of allylic oxidation sites excluding steroid dienone is 2. The summed E-state index contributed by atoms with van der Waals surface area (Å²) in [6, 6.07) is 32.3. The van der Waals surface area contributed by atoms with E-state index in [1.807, 2.05) is 13.8 Å². The number of furan rings is 2. The minimum atomic E-state index is -5.52. The number of benzene rings is 4. The Labute approximate surface area is 405 Å². The molecule has 0 saturated carbocycles. The van der Waals surface area contributed by atoms with E-state index >= 15 is 0 Å². The SMILES string of the molecule is Cc1ccc(C2=Cc3c(ccc(C)c3-c3cc(C(C)(C)C)cc(C(C)(C)C)c3)[CH]2[Zr]([Cl])([Cl])([CH]2C(c3ccc(C)o3)=Cc3c2ccc(C)c3-c2cc(C(C)(C)C)cc(C(C)(C)C)c2)=[Si](C)C)o1. The van der Waals surface area contributed by atoms with Crippen molar-refractivity contribution in [2.75, 3.05) is 0 Å². The van der Waals surface area contributed by atoms with Gasteiger partial charge in [-0.2, -0.15) is 0 Å². The van der Waals surface area contributed by atoms with Crippen molar-refractivity contribution in [2.24, 2.45) is 0 Å². The van der Waals surface area contributed by atoms with E-state index in [4.69, 9.17) is 8.83 Å². The number of fused-ring (bicyclic) bond motifs is 2. The first-order valence-corrected chi connectivity index (χ1v) is 39.3. The number of hydrogen-bond acceptors (Lipinski definition) is 2. The van der Waals surface area contributed by atoms with Crippen LogP contribution in [0.1, 0.15) is 169 Å². The van der Waals surface area contributed by atoms with Crippen LogP contribution in [0.2, 0.25) is 13.1 Å². The maximum absolute atomic E-state index is 9.17. The third kappa shape index (κ3) is 8.35. The zero-order valence-electron chi connectivity index (χ0n) is 43.0. The van der Waals surface area contributed by atoms with Gasteiger partial charge in [-0.05, 0) is 0 Å². The van der Waals surface area contributed by atoms with Crippen molar-refractivity contribution in [1.82, 2.24) is 0 Å². The fraction of sp³-hybridized carbons (Fsp3) is 0.400. The second-order valence-electron chi connectivity index (χ2n) is 24.2. The molecule has 0 radical (unpaired) electrons. The van der Waals surface area contributed by atoms with E-state index in [2.05, 4.69) is 207 Å². The predicted octanol–water partition coefficient (Wildman–Crippen LogP) is 18.8. The minimum absolute atomic E-state index is 0.0385. The Morgan fingerprint density at radius 1 is 0.455 bits per heavy atom. The van der Waals surface area contributed by atoms with E-state index in [-0.39, 0.29) is 28.9 Å². The Morgan fingerprint density at radius 3 is 1.03 bits per heavy atom. The summed E-state index contributed by atoms with van der Waals surface area (Å²) in [7, 11) is 18.3. The molecule has 4 aromatic carbocycles. The van der Waals surface area contributed by atoms with E-state index in [1.165, 1.54) is 77.9 Å². The monoisotopic (exact) mass is 1010 g/mol. The van der Waals surface area contributed by atoms with Crippen molar-refractivity contribution >= 4 is 45.8 Å². The Morgan fingerprint density at radius 2 is 0.773 bits per heavy atom. The summed E-state index contributed by atoms with van der Waals surface area (Å²) in [5.74, 6) is 3.42. The van der Waals surface area contributed by atoms with Crippen molar-refractivity contribution in [3.05, 3.63) is 164 Å². The molecule has 2 nitrogen and oxygen atoms in total. The third-order valence-corrected chi connectivity index (χ3v) is 61.0. The zero-order chi connectivity index (χ0) is 48.5. The van der Waals surface area contributed by atoms with Gasteiger partial charge in [0.15, 0.2) is 0 Å². The van der Waals surface area contributed by atoms with Gasteiger partial charge in [0, 0.05) is 0 Å². The molecular formula is C60H72Cl2O2SiZr. The molecule has 2 heterocycles. The topological polar surface area (TPSA) is 26.3 Å². The predicted molar refractivity (Wildman–Crippen MR) is 285 cm³/mol. The van der Waals surface area contributed by atoms with E-state index in [0.29, 0.717) is 0 Å². The third-order valence-electron chi connectivity index (χ3n) is 14.8. The van der Waals surface area contributed by atoms with Crippen LogP contribution in [0.3, 0.4) is 0 Å². The van der Waals surface area contributed by atoms with Crippen LogP contribution in [-0.2, 0) is 36.7 Å². The Balaban J connectivity index is 1.47. The molecule has 2 unspecified atom stereocenters. The summed E-state index contributed by atoms with van der Waals surface area (Å²) >= 11 is -5.52. The van der Waals surface area contributed by atoms with E-state index < -0.39 is 20.4 Å². The van der Waals surface area contributed by atoms with Crippen molar-refractivity contribution < 1.29 is 23.8 Å². The Kier molecular flexibility index (Phi) is 12.2. The van der Waals surface area contributed by atoms with Gasteiger partial charge in [0.2, 0.25) is 0 Å². The second-order valence-corrected chi connectivity index (χ2v) is 62.9. The Bertz CT molecular complexity index is 2830. The first-order valence-electron chi connectivity index (χ1n) is 23.9. The Hall–Kier alpha value is -3.40. The molecule has 6 aromatic rings. The van der Waals surface area contributed by atoms with Crippen molar-refractivity contribution in [2.45, 2.75) is 153 Å². The summed E-state index contributed by atoms with van der Waals surface area (Å²) in [5.41, 5.74) is 18.1. The molecule has 0 bridgehead atoms. The fourth-order valence-electron chi connectivity index (χ4n) is 10.6. The standard InChI is InChI=1S/2C29H33O.C2H6Si.2ClH.Zr/c2*1-18-9-11-20-13-21(26-12-10-19(2)30-26)16-25(20)27(18)22-14-23(28(3,4)5)17-24(15-22)29(6,7)8;1-3-2;;;/h2*9-17H,1-8H3;1-2H3;2*1H;/q;;;;;+2/p-2. The first-order chi connectivity index (χ1) is 30.4. The summed E-state index contributed by atoms with van der Waals surface area (Å²) in [6.45, 7) is 41.1. The normalized spacial score (nSPS) is 16.9.